The van der Waals surface area contributed by atoms with Crippen LogP contribution in [0.4, 0.5) is 26.3 Å². The Balaban J connectivity index is 0.000000244. The van der Waals surface area contributed by atoms with Crippen LogP contribution in [-0.2, 0) is 28.9 Å². The molecule has 0 spiro atoms. The molecule has 2 aromatic carbocycles. The minimum absolute atomic E-state index is 0.250. The molecule has 0 bridgehead atoms. The van der Waals surface area contributed by atoms with Gasteiger partial charge in [-0.1, -0.05) is 34.6 Å². The Morgan fingerprint density at radius 1 is 0.519 bits per heavy atom. The molecule has 4 aromatic rings. The van der Waals surface area contributed by atoms with Crippen molar-refractivity contribution in [3.8, 4) is 23.0 Å². The first-order valence-electron chi connectivity index (χ1n) is 14.1. The molecule has 4 heterocycles. The maximum atomic E-state index is 12.1. The van der Waals surface area contributed by atoms with Crippen LogP contribution in [0.1, 0.15) is 36.2 Å². The van der Waals surface area contributed by atoms with Crippen molar-refractivity contribution in [3.05, 3.63) is 109 Å². The highest BCUT2D eigenvalue weighted by atomic mass is 19.4. The number of pyridine rings is 2. The molecular weight excluding hydrogens is 714 g/mol. The van der Waals surface area contributed by atoms with Crippen molar-refractivity contribution in [2.75, 3.05) is 0 Å². The van der Waals surface area contributed by atoms with Gasteiger partial charge in [0.25, 0.3) is 0 Å². The summed E-state index contributed by atoms with van der Waals surface area (Å²) in [6.07, 6.45) is -2.64. The van der Waals surface area contributed by atoms with Crippen LogP contribution in [0.3, 0.4) is 0 Å². The summed E-state index contributed by atoms with van der Waals surface area (Å²) in [6.45, 7) is 0. The third-order valence-electron chi connectivity index (χ3n) is 6.03. The summed E-state index contributed by atoms with van der Waals surface area (Å²) >= 11 is 0. The average Bonchev–Trinajstić information content (AvgIpc) is 3.76. The summed E-state index contributed by atoms with van der Waals surface area (Å²) in [7, 11) is 0. The first-order chi connectivity index (χ1) is 24.8. The monoisotopic (exact) mass is 736 g/mol. The van der Waals surface area contributed by atoms with E-state index in [1.54, 1.807) is 49.1 Å². The summed E-state index contributed by atoms with van der Waals surface area (Å²) in [4.78, 5) is 50.7. The fraction of sp³-hybridized carbons (Fsp3) is 0.188. The SMILES string of the molecule is FC(F)(F)Oc1ccc([C@@H]2CC(Oc3ccncc3)=NO2)cc1.FC(F)(F)Oc1ccc([C@H]2CC(Oc3ccncc3)=NO2)cc1.O=C=O.O=C=O. The topological polar surface area (TPSA) is 174 Å². The number of alkyl halides is 6. The highest BCUT2D eigenvalue weighted by Gasteiger charge is 2.32. The molecule has 0 fully saturated rings. The van der Waals surface area contributed by atoms with Gasteiger partial charge in [-0.15, -0.1) is 26.3 Å². The molecule has 272 valence electrons. The van der Waals surface area contributed by atoms with Crippen molar-refractivity contribution >= 4 is 24.1 Å². The number of carbonyl (C=O) groups excluding carboxylic acids is 4. The molecule has 0 N–H and O–H groups in total. The van der Waals surface area contributed by atoms with Crippen LogP contribution in [-0.4, -0.2) is 46.8 Å². The van der Waals surface area contributed by atoms with Crippen LogP contribution < -0.4 is 18.9 Å². The fourth-order valence-corrected chi connectivity index (χ4v) is 4.04. The number of hydrogen-bond acceptors (Lipinski definition) is 14. The molecule has 0 aliphatic carbocycles. The molecule has 0 amide bonds. The second-order valence-corrected chi connectivity index (χ2v) is 9.54. The van der Waals surface area contributed by atoms with E-state index in [0.717, 1.165) is 0 Å². The normalized spacial score (nSPS) is 15.7. The van der Waals surface area contributed by atoms with Crippen molar-refractivity contribution in [2.45, 2.75) is 37.8 Å². The Kier molecular flexibility index (Phi) is 14.8. The lowest BCUT2D eigenvalue weighted by Crippen LogP contribution is -2.17. The van der Waals surface area contributed by atoms with E-state index in [2.05, 4.69) is 29.8 Å². The highest BCUT2D eigenvalue weighted by Crippen LogP contribution is 2.32. The van der Waals surface area contributed by atoms with Crippen molar-refractivity contribution in [1.82, 2.24) is 9.97 Å². The van der Waals surface area contributed by atoms with Gasteiger partial charge in [0.05, 0.1) is 12.8 Å². The number of hydrogen-bond donors (Lipinski definition) is 0. The predicted molar refractivity (Wildman–Crippen MR) is 158 cm³/mol. The van der Waals surface area contributed by atoms with E-state index < -0.39 is 24.9 Å². The largest absolute Gasteiger partial charge is 0.573 e. The highest BCUT2D eigenvalue weighted by molar-refractivity contribution is 5.80. The van der Waals surface area contributed by atoms with E-state index in [1.807, 2.05) is 0 Å². The van der Waals surface area contributed by atoms with Crippen molar-refractivity contribution in [3.63, 3.8) is 0 Å². The zero-order valence-electron chi connectivity index (χ0n) is 25.9. The summed E-state index contributed by atoms with van der Waals surface area (Å²) in [6, 6.07) is 17.6. The molecule has 52 heavy (non-hydrogen) atoms. The van der Waals surface area contributed by atoms with Crippen LogP contribution in [0.2, 0.25) is 0 Å². The number of benzene rings is 2. The van der Waals surface area contributed by atoms with E-state index >= 15 is 0 Å². The van der Waals surface area contributed by atoms with Gasteiger partial charge in [0.15, 0.2) is 12.2 Å². The van der Waals surface area contributed by atoms with Gasteiger partial charge in [-0.3, -0.25) is 9.97 Å². The van der Waals surface area contributed by atoms with E-state index in [9.17, 15) is 26.3 Å². The number of rotatable bonds is 6. The van der Waals surface area contributed by atoms with Crippen molar-refractivity contribution in [2.24, 2.45) is 10.3 Å². The van der Waals surface area contributed by atoms with Gasteiger partial charge in [-0.05, 0) is 59.7 Å². The van der Waals surface area contributed by atoms with Crippen LogP contribution in [0.15, 0.2) is 108 Å². The Labute approximate surface area is 288 Å². The summed E-state index contributed by atoms with van der Waals surface area (Å²) in [5, 5.41) is 7.67. The number of aromatic nitrogens is 2. The second kappa shape index (κ2) is 19.4. The van der Waals surface area contributed by atoms with E-state index in [-0.39, 0.29) is 23.8 Å². The Morgan fingerprint density at radius 3 is 1.12 bits per heavy atom. The lowest BCUT2D eigenvalue weighted by Gasteiger charge is -2.11. The first-order valence-corrected chi connectivity index (χ1v) is 14.1. The van der Waals surface area contributed by atoms with Crippen LogP contribution in [0.25, 0.3) is 0 Å². The third kappa shape index (κ3) is 14.4. The minimum Gasteiger partial charge on any atom is -0.439 e. The summed E-state index contributed by atoms with van der Waals surface area (Å²) < 4.78 is 91.4. The first kappa shape index (κ1) is 39.7. The Bertz CT molecular complexity index is 1680. The maximum absolute atomic E-state index is 12.1. The summed E-state index contributed by atoms with van der Waals surface area (Å²) in [5.41, 5.74) is 1.35. The van der Waals surface area contributed by atoms with Gasteiger partial charge >= 0.3 is 25.0 Å². The quantitative estimate of drug-likeness (QED) is 0.197. The lowest BCUT2D eigenvalue weighted by atomic mass is 10.1. The molecule has 2 atom stereocenters. The molecule has 0 radical (unpaired) electrons. The molecule has 20 heteroatoms. The average molecular weight is 737 g/mol. The molecule has 0 saturated heterocycles. The molecule has 0 saturated carbocycles. The van der Waals surface area contributed by atoms with Gasteiger partial charge in [-0.25, -0.2) is 0 Å². The molecule has 2 aromatic heterocycles. The van der Waals surface area contributed by atoms with Crippen molar-refractivity contribution in [1.29, 1.82) is 0 Å². The maximum Gasteiger partial charge on any atom is 0.573 e. The standard InChI is InChI=1S/2C15H11F3N2O3.2CO2/c2*16-15(17,18)22-12-3-1-10(2-4-12)13-9-14(20-23-13)21-11-5-7-19-8-6-11;2*2-1-3/h2*1-8,13H,9H2;;/t2*13-;;/m10../s1. The van der Waals surface area contributed by atoms with Gasteiger partial charge in [-0.2, -0.15) is 19.2 Å². The third-order valence-corrected chi connectivity index (χ3v) is 6.03. The van der Waals surface area contributed by atoms with Gasteiger partial charge in [0.2, 0.25) is 11.8 Å². The number of oxime groups is 2. The zero-order valence-corrected chi connectivity index (χ0v) is 25.9. The number of halogens is 6. The van der Waals surface area contributed by atoms with Gasteiger partial charge in [0.1, 0.15) is 23.0 Å². The molecule has 14 nitrogen and oxygen atoms in total. The van der Waals surface area contributed by atoms with Gasteiger partial charge in [0, 0.05) is 24.8 Å². The Hall–Kier alpha value is -6.78. The summed E-state index contributed by atoms with van der Waals surface area (Å²) in [5.74, 6) is 1.37. The molecule has 0 unspecified atom stereocenters. The fourth-order valence-electron chi connectivity index (χ4n) is 4.04. The van der Waals surface area contributed by atoms with Crippen LogP contribution in [0.5, 0.6) is 23.0 Å². The van der Waals surface area contributed by atoms with E-state index in [0.29, 0.717) is 47.3 Å². The number of ether oxygens (including phenoxy) is 4. The van der Waals surface area contributed by atoms with Crippen LogP contribution >= 0.6 is 0 Å². The number of nitrogens with zero attached hydrogens (tertiary/aromatic N) is 4. The molecule has 2 aliphatic rings. The predicted octanol–water partition coefficient (Wildman–Crippen LogP) is 6.50. The lowest BCUT2D eigenvalue weighted by molar-refractivity contribution is -0.275. The van der Waals surface area contributed by atoms with Crippen molar-refractivity contribution < 1.29 is 74.1 Å². The Morgan fingerprint density at radius 2 is 0.827 bits per heavy atom. The molecule has 2 aliphatic heterocycles. The van der Waals surface area contributed by atoms with Crippen LogP contribution in [0, 0.1) is 0 Å². The second-order valence-electron chi connectivity index (χ2n) is 9.54. The minimum atomic E-state index is -4.71. The van der Waals surface area contributed by atoms with E-state index in [4.69, 9.17) is 38.3 Å². The molecular formula is C32H22F6N4O10. The zero-order chi connectivity index (χ0) is 38.0. The van der Waals surface area contributed by atoms with E-state index in [1.165, 1.54) is 48.5 Å². The smallest absolute Gasteiger partial charge is 0.439 e. The van der Waals surface area contributed by atoms with Gasteiger partial charge < -0.3 is 28.6 Å². The molecule has 6 rings (SSSR count).